The fourth-order valence-corrected chi connectivity index (χ4v) is 2.38. The summed E-state index contributed by atoms with van der Waals surface area (Å²) in [6.45, 7) is 1.64. The molecular formula is C14H25N3O4. The van der Waals surface area contributed by atoms with Crippen molar-refractivity contribution in [3.05, 3.63) is 0 Å². The summed E-state index contributed by atoms with van der Waals surface area (Å²) in [6.07, 6.45) is 5.85. The maximum absolute atomic E-state index is 11.6. The van der Waals surface area contributed by atoms with E-state index in [2.05, 4.69) is 16.0 Å². The maximum Gasteiger partial charge on any atom is 0.315 e. The molecule has 7 heteroatoms. The minimum Gasteiger partial charge on any atom is -0.481 e. The second-order valence-corrected chi connectivity index (χ2v) is 5.56. The van der Waals surface area contributed by atoms with Crippen molar-refractivity contribution in [2.75, 3.05) is 6.54 Å². The average molecular weight is 299 g/mol. The van der Waals surface area contributed by atoms with Crippen LogP contribution in [0.5, 0.6) is 0 Å². The highest BCUT2D eigenvalue weighted by molar-refractivity contribution is 5.84. The van der Waals surface area contributed by atoms with Crippen LogP contribution in [0.4, 0.5) is 4.79 Å². The zero-order valence-electron chi connectivity index (χ0n) is 12.5. The van der Waals surface area contributed by atoms with E-state index in [1.165, 1.54) is 6.42 Å². The van der Waals surface area contributed by atoms with Crippen LogP contribution in [0.15, 0.2) is 0 Å². The summed E-state index contributed by atoms with van der Waals surface area (Å²) in [6, 6.07) is -0.344. The molecule has 0 aromatic carbocycles. The van der Waals surface area contributed by atoms with Gasteiger partial charge in [0.2, 0.25) is 5.91 Å². The molecule has 0 radical (unpaired) electrons. The van der Waals surface area contributed by atoms with Crippen LogP contribution in [0, 0.1) is 0 Å². The second kappa shape index (κ2) is 9.20. The first kappa shape index (κ1) is 17.3. The van der Waals surface area contributed by atoms with Gasteiger partial charge in [-0.2, -0.15) is 0 Å². The van der Waals surface area contributed by atoms with E-state index in [-0.39, 0.29) is 37.0 Å². The molecule has 7 nitrogen and oxygen atoms in total. The molecule has 1 aliphatic rings. The Morgan fingerprint density at radius 2 is 1.86 bits per heavy atom. The molecule has 4 N–H and O–H groups in total. The number of aliphatic carboxylic acids is 1. The number of carboxylic acids is 1. The molecular weight excluding hydrogens is 274 g/mol. The summed E-state index contributed by atoms with van der Waals surface area (Å²) >= 11 is 0. The number of urea groups is 1. The molecule has 0 spiro atoms. The molecule has 0 saturated heterocycles. The van der Waals surface area contributed by atoms with Crippen molar-refractivity contribution in [3.8, 4) is 0 Å². The molecule has 0 heterocycles. The van der Waals surface area contributed by atoms with Gasteiger partial charge in [-0.15, -0.1) is 0 Å². The Bertz CT molecular complexity index is 367. The summed E-state index contributed by atoms with van der Waals surface area (Å²) in [5.41, 5.74) is 0. The first-order valence-electron chi connectivity index (χ1n) is 7.53. The smallest absolute Gasteiger partial charge is 0.315 e. The first-order valence-corrected chi connectivity index (χ1v) is 7.53. The predicted molar refractivity (Wildman–Crippen MR) is 77.9 cm³/mol. The predicted octanol–water partition coefficient (Wildman–Crippen LogP) is 0.988. The van der Waals surface area contributed by atoms with E-state index in [1.54, 1.807) is 6.92 Å². The van der Waals surface area contributed by atoms with E-state index in [9.17, 15) is 14.4 Å². The lowest BCUT2D eigenvalue weighted by Gasteiger charge is -2.22. The SMILES string of the molecule is CC(CCC(=O)O)NC(=O)CNC(=O)NC1CCCCC1. The van der Waals surface area contributed by atoms with Crippen LogP contribution in [0.1, 0.15) is 51.9 Å². The van der Waals surface area contributed by atoms with Crippen LogP contribution in [0.3, 0.4) is 0 Å². The number of carbonyl (C=O) groups is 3. The van der Waals surface area contributed by atoms with E-state index in [0.29, 0.717) is 6.42 Å². The molecule has 0 aromatic rings. The molecule has 0 aliphatic heterocycles. The third-order valence-electron chi connectivity index (χ3n) is 3.55. The summed E-state index contributed by atoms with van der Waals surface area (Å²) < 4.78 is 0. The number of hydrogen-bond donors (Lipinski definition) is 4. The van der Waals surface area contributed by atoms with Crippen LogP contribution in [-0.2, 0) is 9.59 Å². The molecule has 120 valence electrons. The van der Waals surface area contributed by atoms with Crippen molar-refractivity contribution in [2.45, 2.75) is 64.0 Å². The Labute approximate surface area is 124 Å². The zero-order chi connectivity index (χ0) is 15.7. The number of amides is 3. The Kier molecular flexibility index (Phi) is 7.56. The van der Waals surface area contributed by atoms with Crippen LogP contribution in [-0.4, -0.2) is 41.6 Å². The summed E-state index contributed by atoms with van der Waals surface area (Å²) in [5.74, 6) is -1.20. The molecule has 1 atom stereocenters. The second-order valence-electron chi connectivity index (χ2n) is 5.56. The van der Waals surface area contributed by atoms with Crippen molar-refractivity contribution in [1.82, 2.24) is 16.0 Å². The summed E-state index contributed by atoms with van der Waals surface area (Å²) in [5, 5.41) is 16.6. The molecule has 0 aromatic heterocycles. The number of nitrogens with one attached hydrogen (secondary N) is 3. The van der Waals surface area contributed by atoms with Crippen molar-refractivity contribution >= 4 is 17.9 Å². The third kappa shape index (κ3) is 8.16. The Balaban J connectivity index is 2.13. The average Bonchev–Trinajstić information content (AvgIpc) is 2.44. The van der Waals surface area contributed by atoms with Gasteiger partial charge in [0.15, 0.2) is 0 Å². The highest BCUT2D eigenvalue weighted by Gasteiger charge is 2.16. The van der Waals surface area contributed by atoms with Gasteiger partial charge < -0.3 is 21.1 Å². The van der Waals surface area contributed by atoms with Crippen molar-refractivity contribution in [2.24, 2.45) is 0 Å². The Morgan fingerprint density at radius 1 is 1.19 bits per heavy atom. The van der Waals surface area contributed by atoms with Crippen LogP contribution < -0.4 is 16.0 Å². The van der Waals surface area contributed by atoms with Crippen molar-refractivity contribution < 1.29 is 19.5 Å². The largest absolute Gasteiger partial charge is 0.481 e. The summed E-state index contributed by atoms with van der Waals surface area (Å²) in [4.78, 5) is 33.6. The van der Waals surface area contributed by atoms with Crippen LogP contribution in [0.25, 0.3) is 0 Å². The topological polar surface area (TPSA) is 108 Å². The van der Waals surface area contributed by atoms with Crippen molar-refractivity contribution in [3.63, 3.8) is 0 Å². The monoisotopic (exact) mass is 299 g/mol. The zero-order valence-corrected chi connectivity index (χ0v) is 12.5. The standard InChI is InChI=1S/C14H25N3O4/c1-10(7-8-13(19)20)16-12(18)9-15-14(21)17-11-5-3-2-4-6-11/h10-11H,2-9H2,1H3,(H,16,18)(H,19,20)(H2,15,17,21). The quantitative estimate of drug-likeness (QED) is 0.562. The van der Waals surface area contributed by atoms with Gasteiger partial charge in [0, 0.05) is 18.5 Å². The molecule has 1 saturated carbocycles. The van der Waals surface area contributed by atoms with E-state index in [0.717, 1.165) is 25.7 Å². The minimum atomic E-state index is -0.888. The third-order valence-corrected chi connectivity index (χ3v) is 3.55. The molecule has 1 rings (SSSR count). The van der Waals surface area contributed by atoms with Gasteiger partial charge in [0.25, 0.3) is 0 Å². The first-order chi connectivity index (χ1) is 9.97. The lowest BCUT2D eigenvalue weighted by molar-refractivity contribution is -0.137. The molecule has 1 unspecified atom stereocenters. The number of rotatable bonds is 7. The van der Waals surface area contributed by atoms with Gasteiger partial charge in [0.1, 0.15) is 0 Å². The van der Waals surface area contributed by atoms with Crippen LogP contribution in [0.2, 0.25) is 0 Å². The Hall–Kier alpha value is -1.79. The normalized spacial score (nSPS) is 16.8. The van der Waals surface area contributed by atoms with E-state index < -0.39 is 5.97 Å². The number of carboxylic acid groups (broad SMARTS) is 1. The maximum atomic E-state index is 11.6. The van der Waals surface area contributed by atoms with Gasteiger partial charge in [-0.25, -0.2) is 4.79 Å². The van der Waals surface area contributed by atoms with Gasteiger partial charge in [-0.3, -0.25) is 9.59 Å². The lowest BCUT2D eigenvalue weighted by Crippen LogP contribution is -2.47. The van der Waals surface area contributed by atoms with Gasteiger partial charge in [-0.1, -0.05) is 19.3 Å². The van der Waals surface area contributed by atoms with E-state index in [4.69, 9.17) is 5.11 Å². The van der Waals surface area contributed by atoms with E-state index in [1.807, 2.05) is 0 Å². The lowest BCUT2D eigenvalue weighted by atomic mass is 9.96. The molecule has 21 heavy (non-hydrogen) atoms. The van der Waals surface area contributed by atoms with Gasteiger partial charge in [-0.05, 0) is 26.2 Å². The fraction of sp³-hybridized carbons (Fsp3) is 0.786. The molecule has 1 fully saturated rings. The minimum absolute atomic E-state index is 0.0110. The Morgan fingerprint density at radius 3 is 2.48 bits per heavy atom. The summed E-state index contributed by atoms with van der Waals surface area (Å²) in [7, 11) is 0. The number of hydrogen-bond acceptors (Lipinski definition) is 3. The molecule has 0 bridgehead atoms. The molecule has 1 aliphatic carbocycles. The highest BCUT2D eigenvalue weighted by atomic mass is 16.4. The fourth-order valence-electron chi connectivity index (χ4n) is 2.38. The highest BCUT2D eigenvalue weighted by Crippen LogP contribution is 2.16. The molecule has 3 amide bonds. The number of carbonyl (C=O) groups excluding carboxylic acids is 2. The van der Waals surface area contributed by atoms with E-state index >= 15 is 0 Å². The van der Waals surface area contributed by atoms with Gasteiger partial charge in [0.05, 0.1) is 6.54 Å². The van der Waals surface area contributed by atoms with Gasteiger partial charge >= 0.3 is 12.0 Å². The van der Waals surface area contributed by atoms with Crippen LogP contribution >= 0.6 is 0 Å². The van der Waals surface area contributed by atoms with Crippen molar-refractivity contribution in [1.29, 1.82) is 0 Å².